The van der Waals surface area contributed by atoms with Crippen LogP contribution in [-0.2, 0) is 17.9 Å². The van der Waals surface area contributed by atoms with Crippen LogP contribution in [0.2, 0.25) is 0 Å². The Morgan fingerprint density at radius 2 is 1.94 bits per heavy atom. The number of aryl methyl sites for hydroxylation is 2. The van der Waals surface area contributed by atoms with Gasteiger partial charge in [0.05, 0.1) is 18.4 Å². The number of carbonyl (C=O) groups excluding carboxylic acids is 2. The fraction of sp³-hybridized carbons (Fsp3) is 0.333. The summed E-state index contributed by atoms with van der Waals surface area (Å²) in [4.78, 5) is 29.6. The van der Waals surface area contributed by atoms with Gasteiger partial charge in [-0.1, -0.05) is 43.7 Å². The van der Waals surface area contributed by atoms with E-state index in [1.165, 1.54) is 5.56 Å². The van der Waals surface area contributed by atoms with Crippen molar-refractivity contribution < 1.29 is 9.59 Å². The van der Waals surface area contributed by atoms with Crippen molar-refractivity contribution in [3.63, 3.8) is 0 Å². The molecule has 0 spiro atoms. The predicted molar refractivity (Wildman–Crippen MR) is 122 cm³/mol. The van der Waals surface area contributed by atoms with E-state index >= 15 is 0 Å². The van der Waals surface area contributed by atoms with E-state index in [4.69, 9.17) is 0 Å². The summed E-state index contributed by atoms with van der Waals surface area (Å²) >= 11 is 0. The summed E-state index contributed by atoms with van der Waals surface area (Å²) in [6.07, 6.45) is 5.31. The van der Waals surface area contributed by atoms with Gasteiger partial charge in [0.1, 0.15) is 5.69 Å². The number of nitrogens with one attached hydrogen (secondary N) is 2. The monoisotopic (exact) mass is 419 g/mol. The van der Waals surface area contributed by atoms with E-state index in [-0.39, 0.29) is 29.8 Å². The SMILES string of the molecule is CCn1cc(-c2cnc(C(=O)C(C)C)c(NC(=O)CNCc3cccc(C)c3)c2)cn1. The smallest absolute Gasteiger partial charge is 0.238 e. The fourth-order valence-electron chi connectivity index (χ4n) is 3.21. The minimum absolute atomic E-state index is 0.112. The van der Waals surface area contributed by atoms with Gasteiger partial charge in [-0.05, 0) is 25.5 Å². The van der Waals surface area contributed by atoms with Crippen LogP contribution in [0.5, 0.6) is 0 Å². The van der Waals surface area contributed by atoms with Gasteiger partial charge in [0.15, 0.2) is 5.78 Å². The molecule has 1 amide bonds. The molecule has 0 fully saturated rings. The molecule has 0 saturated carbocycles. The van der Waals surface area contributed by atoms with Gasteiger partial charge in [-0.25, -0.2) is 0 Å². The first kappa shape index (κ1) is 22.4. The second-order valence-corrected chi connectivity index (χ2v) is 7.86. The van der Waals surface area contributed by atoms with Gasteiger partial charge in [0, 0.05) is 42.5 Å². The van der Waals surface area contributed by atoms with Gasteiger partial charge in [-0.2, -0.15) is 5.10 Å². The lowest BCUT2D eigenvalue weighted by Crippen LogP contribution is -2.28. The summed E-state index contributed by atoms with van der Waals surface area (Å²) in [6.45, 7) is 9.15. The average Bonchev–Trinajstić information content (AvgIpc) is 3.22. The van der Waals surface area contributed by atoms with E-state index in [2.05, 4.69) is 26.8 Å². The molecular formula is C24H29N5O2. The van der Waals surface area contributed by atoms with E-state index in [0.717, 1.165) is 23.2 Å². The molecule has 3 rings (SSSR count). The third-order valence-electron chi connectivity index (χ3n) is 4.91. The molecule has 0 radical (unpaired) electrons. The Balaban J connectivity index is 1.75. The standard InChI is InChI=1S/C24H29N5O2/c1-5-29-15-20(13-27-29)19-10-21(23(26-12-19)24(31)16(2)3)28-22(30)14-25-11-18-8-6-7-17(4)9-18/h6-10,12-13,15-16,25H,5,11,14H2,1-4H3,(H,28,30). The predicted octanol–water partition coefficient (Wildman–Crippen LogP) is 3.84. The number of carbonyl (C=O) groups is 2. The summed E-state index contributed by atoms with van der Waals surface area (Å²) in [5.74, 6) is -0.566. The van der Waals surface area contributed by atoms with Crippen molar-refractivity contribution in [2.24, 2.45) is 5.92 Å². The molecule has 1 aromatic carbocycles. The summed E-state index contributed by atoms with van der Waals surface area (Å²) in [6, 6.07) is 9.91. The van der Waals surface area contributed by atoms with Crippen LogP contribution in [0.1, 0.15) is 42.4 Å². The highest BCUT2D eigenvalue weighted by molar-refractivity contribution is 6.05. The number of pyridine rings is 1. The number of benzene rings is 1. The van der Waals surface area contributed by atoms with Crippen LogP contribution in [0, 0.1) is 12.8 Å². The molecule has 162 valence electrons. The molecule has 7 heteroatoms. The molecule has 7 nitrogen and oxygen atoms in total. The Morgan fingerprint density at radius 3 is 2.61 bits per heavy atom. The minimum atomic E-state index is -0.228. The van der Waals surface area contributed by atoms with E-state index in [1.807, 2.05) is 56.8 Å². The molecule has 0 aliphatic heterocycles. The molecule has 0 atom stereocenters. The first-order valence-electron chi connectivity index (χ1n) is 10.5. The Labute approximate surface area is 182 Å². The molecule has 2 N–H and O–H groups in total. The van der Waals surface area contributed by atoms with Crippen LogP contribution in [0.15, 0.2) is 48.9 Å². The number of hydrogen-bond donors (Lipinski definition) is 2. The van der Waals surface area contributed by atoms with Crippen molar-refractivity contribution in [2.45, 2.75) is 40.8 Å². The molecule has 31 heavy (non-hydrogen) atoms. The van der Waals surface area contributed by atoms with Crippen molar-refractivity contribution in [3.05, 3.63) is 65.7 Å². The molecule has 2 heterocycles. The summed E-state index contributed by atoms with van der Waals surface area (Å²) < 4.78 is 1.82. The number of nitrogens with zero attached hydrogens (tertiary/aromatic N) is 3. The normalized spacial score (nSPS) is 11.0. The highest BCUT2D eigenvalue weighted by atomic mass is 16.2. The lowest BCUT2D eigenvalue weighted by Gasteiger charge is -2.13. The third-order valence-corrected chi connectivity index (χ3v) is 4.91. The van der Waals surface area contributed by atoms with Gasteiger partial charge in [0.25, 0.3) is 0 Å². The highest BCUT2D eigenvalue weighted by Crippen LogP contribution is 2.25. The van der Waals surface area contributed by atoms with Crippen LogP contribution in [0.25, 0.3) is 11.1 Å². The number of anilines is 1. The first-order chi connectivity index (χ1) is 14.9. The van der Waals surface area contributed by atoms with Crippen molar-refractivity contribution in [1.82, 2.24) is 20.1 Å². The largest absolute Gasteiger partial charge is 0.323 e. The second-order valence-electron chi connectivity index (χ2n) is 7.86. The number of amides is 1. The zero-order chi connectivity index (χ0) is 22.4. The second kappa shape index (κ2) is 10.1. The zero-order valence-electron chi connectivity index (χ0n) is 18.5. The van der Waals surface area contributed by atoms with Crippen LogP contribution in [0.4, 0.5) is 5.69 Å². The molecule has 0 saturated heterocycles. The molecule has 2 aromatic heterocycles. The lowest BCUT2D eigenvalue weighted by molar-refractivity contribution is -0.115. The topological polar surface area (TPSA) is 88.9 Å². The van der Waals surface area contributed by atoms with Crippen molar-refractivity contribution in [3.8, 4) is 11.1 Å². The van der Waals surface area contributed by atoms with E-state index in [0.29, 0.717) is 12.2 Å². The molecule has 0 bridgehead atoms. The van der Waals surface area contributed by atoms with Crippen LogP contribution < -0.4 is 10.6 Å². The Kier molecular flexibility index (Phi) is 7.31. The maximum absolute atomic E-state index is 12.6. The number of Topliss-reactive ketones (excluding diaryl/α,β-unsaturated/α-hetero) is 1. The summed E-state index contributed by atoms with van der Waals surface area (Å²) in [5.41, 5.74) is 4.65. The molecule has 0 aliphatic rings. The Bertz CT molecular complexity index is 1070. The quantitative estimate of drug-likeness (QED) is 0.515. The fourth-order valence-corrected chi connectivity index (χ4v) is 3.21. The summed E-state index contributed by atoms with van der Waals surface area (Å²) in [5, 5.41) is 10.3. The molecule has 3 aromatic rings. The van der Waals surface area contributed by atoms with Gasteiger partial charge in [0.2, 0.25) is 5.91 Å². The minimum Gasteiger partial charge on any atom is -0.323 e. The number of hydrogen-bond acceptors (Lipinski definition) is 5. The molecule has 0 aliphatic carbocycles. The van der Waals surface area contributed by atoms with Crippen LogP contribution in [-0.4, -0.2) is 33.0 Å². The third kappa shape index (κ3) is 5.86. The lowest BCUT2D eigenvalue weighted by atomic mass is 10.0. The number of ketones is 1. The van der Waals surface area contributed by atoms with Gasteiger partial charge >= 0.3 is 0 Å². The Hall–Kier alpha value is -3.32. The molecular weight excluding hydrogens is 390 g/mol. The molecule has 0 unspecified atom stereocenters. The summed E-state index contributed by atoms with van der Waals surface area (Å²) in [7, 11) is 0. The van der Waals surface area contributed by atoms with E-state index in [9.17, 15) is 9.59 Å². The maximum Gasteiger partial charge on any atom is 0.238 e. The van der Waals surface area contributed by atoms with Gasteiger partial charge < -0.3 is 10.6 Å². The highest BCUT2D eigenvalue weighted by Gasteiger charge is 2.19. The average molecular weight is 420 g/mol. The van der Waals surface area contributed by atoms with E-state index in [1.54, 1.807) is 18.5 Å². The zero-order valence-corrected chi connectivity index (χ0v) is 18.5. The van der Waals surface area contributed by atoms with Gasteiger partial charge in [-0.3, -0.25) is 19.3 Å². The van der Waals surface area contributed by atoms with Crippen molar-refractivity contribution in [2.75, 3.05) is 11.9 Å². The van der Waals surface area contributed by atoms with E-state index < -0.39 is 0 Å². The number of rotatable bonds is 9. The Morgan fingerprint density at radius 1 is 1.13 bits per heavy atom. The van der Waals surface area contributed by atoms with Crippen LogP contribution >= 0.6 is 0 Å². The first-order valence-corrected chi connectivity index (χ1v) is 10.5. The van der Waals surface area contributed by atoms with Gasteiger partial charge in [-0.15, -0.1) is 0 Å². The number of aromatic nitrogens is 3. The van der Waals surface area contributed by atoms with Crippen molar-refractivity contribution in [1.29, 1.82) is 0 Å². The maximum atomic E-state index is 12.6. The van der Waals surface area contributed by atoms with Crippen molar-refractivity contribution >= 4 is 17.4 Å². The van der Waals surface area contributed by atoms with Crippen LogP contribution in [0.3, 0.4) is 0 Å².